The van der Waals surface area contributed by atoms with Gasteiger partial charge in [0.25, 0.3) is 5.91 Å². The Hall–Kier alpha value is -2.53. The Morgan fingerprint density at radius 2 is 1.82 bits per heavy atom. The predicted octanol–water partition coefficient (Wildman–Crippen LogP) is 2.55. The molecule has 0 bridgehead atoms. The van der Waals surface area contributed by atoms with Gasteiger partial charge >= 0.3 is 0 Å². The van der Waals surface area contributed by atoms with Crippen molar-refractivity contribution >= 4 is 17.3 Å². The van der Waals surface area contributed by atoms with Crippen LogP contribution >= 0.6 is 0 Å². The molecule has 5 nitrogen and oxygen atoms in total. The van der Waals surface area contributed by atoms with Gasteiger partial charge in [-0.2, -0.15) is 0 Å². The highest BCUT2D eigenvalue weighted by molar-refractivity contribution is 5.92. The van der Waals surface area contributed by atoms with E-state index in [0.717, 1.165) is 44.0 Å². The van der Waals surface area contributed by atoms with Gasteiger partial charge in [0.05, 0.1) is 33.3 Å². The number of para-hydroxylation sites is 1. The number of piperazine rings is 1. The van der Waals surface area contributed by atoms with Gasteiger partial charge in [-0.1, -0.05) is 32.0 Å². The van der Waals surface area contributed by atoms with E-state index < -0.39 is 0 Å². The molecule has 0 unspecified atom stereocenters. The Morgan fingerprint density at radius 1 is 1.14 bits per heavy atom. The summed E-state index contributed by atoms with van der Waals surface area (Å²) in [5, 5.41) is 3.14. The normalized spacial score (nSPS) is 15.9. The standard InChI is InChI=1S/C23H31N3O2/c1-4-18(2)21-7-5-6-8-22(21)24-23(27)17-25-13-15-26(16-14-25)19-9-11-20(28-3)12-10-19/h5-12,18H,4,13-17H2,1-3H3,(H,24,27)/p+1/t18-/m1/s1. The molecule has 1 amide bonds. The second-order valence-corrected chi connectivity index (χ2v) is 7.56. The third-order valence-corrected chi connectivity index (χ3v) is 5.70. The Morgan fingerprint density at radius 3 is 2.46 bits per heavy atom. The van der Waals surface area contributed by atoms with Crippen molar-refractivity contribution in [3.8, 4) is 5.75 Å². The molecule has 0 spiro atoms. The molecule has 1 aliphatic rings. The first-order chi connectivity index (χ1) is 13.6. The van der Waals surface area contributed by atoms with Gasteiger partial charge in [-0.15, -0.1) is 0 Å². The van der Waals surface area contributed by atoms with Crippen LogP contribution < -0.4 is 19.9 Å². The average molecular weight is 383 g/mol. The van der Waals surface area contributed by atoms with E-state index >= 15 is 0 Å². The van der Waals surface area contributed by atoms with E-state index in [9.17, 15) is 4.79 Å². The van der Waals surface area contributed by atoms with Crippen molar-refractivity contribution in [2.45, 2.75) is 26.2 Å². The number of benzene rings is 2. The van der Waals surface area contributed by atoms with E-state index in [0.29, 0.717) is 12.5 Å². The lowest BCUT2D eigenvalue weighted by Crippen LogP contribution is -3.15. The fraction of sp³-hybridized carbons (Fsp3) is 0.435. The fourth-order valence-corrected chi connectivity index (χ4v) is 3.73. The molecule has 28 heavy (non-hydrogen) atoms. The monoisotopic (exact) mass is 382 g/mol. The number of rotatable bonds is 7. The number of nitrogens with one attached hydrogen (secondary N) is 2. The SMILES string of the molecule is CC[C@@H](C)c1ccccc1NC(=O)C[NH+]1CCN(c2ccc(OC)cc2)CC1. The van der Waals surface area contributed by atoms with Crippen molar-refractivity contribution in [1.29, 1.82) is 0 Å². The van der Waals surface area contributed by atoms with Gasteiger partial charge in [0, 0.05) is 11.4 Å². The zero-order valence-corrected chi connectivity index (χ0v) is 17.2. The minimum absolute atomic E-state index is 0.101. The molecule has 2 aromatic rings. The minimum Gasteiger partial charge on any atom is -0.497 e. The predicted molar refractivity (Wildman–Crippen MR) is 115 cm³/mol. The molecule has 3 rings (SSSR count). The number of hydrogen-bond donors (Lipinski definition) is 2. The zero-order chi connectivity index (χ0) is 19.9. The lowest BCUT2D eigenvalue weighted by Gasteiger charge is -2.33. The highest BCUT2D eigenvalue weighted by Crippen LogP contribution is 2.26. The van der Waals surface area contributed by atoms with Crippen LogP contribution in [0.15, 0.2) is 48.5 Å². The number of anilines is 2. The second-order valence-electron chi connectivity index (χ2n) is 7.56. The smallest absolute Gasteiger partial charge is 0.279 e. The Kier molecular flexibility index (Phi) is 6.93. The van der Waals surface area contributed by atoms with Gasteiger partial charge in [0.2, 0.25) is 0 Å². The minimum atomic E-state index is 0.101. The molecule has 1 heterocycles. The average Bonchev–Trinajstić information content (AvgIpc) is 2.74. The van der Waals surface area contributed by atoms with Gasteiger partial charge < -0.3 is 19.9 Å². The molecular formula is C23H32N3O2+. The maximum atomic E-state index is 12.6. The summed E-state index contributed by atoms with van der Waals surface area (Å²) in [6.45, 7) is 8.74. The maximum absolute atomic E-state index is 12.6. The summed E-state index contributed by atoms with van der Waals surface area (Å²) in [6, 6.07) is 16.3. The largest absolute Gasteiger partial charge is 0.497 e. The Bertz CT molecular complexity index is 768. The Labute approximate surface area is 168 Å². The molecule has 2 aromatic carbocycles. The molecule has 0 saturated carbocycles. The third kappa shape index (κ3) is 5.04. The van der Waals surface area contributed by atoms with Gasteiger partial charge in [-0.05, 0) is 48.2 Å². The van der Waals surface area contributed by atoms with Crippen LogP contribution in [0.1, 0.15) is 31.7 Å². The van der Waals surface area contributed by atoms with Gasteiger partial charge in [-0.25, -0.2) is 0 Å². The van der Waals surface area contributed by atoms with Crippen molar-refractivity contribution in [2.24, 2.45) is 0 Å². The van der Waals surface area contributed by atoms with Crippen LogP contribution in [-0.2, 0) is 4.79 Å². The maximum Gasteiger partial charge on any atom is 0.279 e. The van der Waals surface area contributed by atoms with Crippen molar-refractivity contribution in [3.63, 3.8) is 0 Å². The summed E-state index contributed by atoms with van der Waals surface area (Å²) in [5.41, 5.74) is 3.39. The van der Waals surface area contributed by atoms with Crippen molar-refractivity contribution in [1.82, 2.24) is 0 Å². The number of quaternary nitrogens is 1. The molecular weight excluding hydrogens is 350 g/mol. The zero-order valence-electron chi connectivity index (χ0n) is 17.2. The second kappa shape index (κ2) is 9.60. The first-order valence-electron chi connectivity index (χ1n) is 10.2. The van der Waals surface area contributed by atoms with Gasteiger partial charge in [-0.3, -0.25) is 4.79 Å². The topological polar surface area (TPSA) is 46.0 Å². The quantitative estimate of drug-likeness (QED) is 0.774. The summed E-state index contributed by atoms with van der Waals surface area (Å²) < 4.78 is 5.23. The number of nitrogens with zero attached hydrogens (tertiary/aromatic N) is 1. The van der Waals surface area contributed by atoms with Crippen LogP contribution in [0.5, 0.6) is 5.75 Å². The lowest BCUT2D eigenvalue weighted by molar-refractivity contribution is -0.892. The van der Waals surface area contributed by atoms with Gasteiger partial charge in [0.15, 0.2) is 6.54 Å². The van der Waals surface area contributed by atoms with E-state index in [1.165, 1.54) is 16.2 Å². The summed E-state index contributed by atoms with van der Waals surface area (Å²) in [5.74, 6) is 1.42. The van der Waals surface area contributed by atoms with Crippen molar-refractivity contribution in [3.05, 3.63) is 54.1 Å². The van der Waals surface area contributed by atoms with E-state index in [2.05, 4.69) is 42.3 Å². The molecule has 0 aliphatic carbocycles. The van der Waals surface area contributed by atoms with Crippen LogP contribution in [0.25, 0.3) is 0 Å². The third-order valence-electron chi connectivity index (χ3n) is 5.70. The molecule has 150 valence electrons. The highest BCUT2D eigenvalue weighted by Gasteiger charge is 2.23. The molecule has 2 N–H and O–H groups in total. The molecule has 1 fully saturated rings. The van der Waals surface area contributed by atoms with Crippen LogP contribution in [0, 0.1) is 0 Å². The summed E-state index contributed by atoms with van der Waals surface area (Å²) in [6.07, 6.45) is 1.06. The molecule has 1 saturated heterocycles. The molecule has 0 radical (unpaired) electrons. The molecule has 1 atom stereocenters. The van der Waals surface area contributed by atoms with Crippen LogP contribution in [0.3, 0.4) is 0 Å². The first-order valence-corrected chi connectivity index (χ1v) is 10.2. The number of methoxy groups -OCH3 is 1. The number of amides is 1. The number of hydrogen-bond acceptors (Lipinski definition) is 3. The van der Waals surface area contributed by atoms with Crippen LogP contribution in [0.2, 0.25) is 0 Å². The number of carbonyl (C=O) groups excluding carboxylic acids is 1. The highest BCUT2D eigenvalue weighted by atomic mass is 16.5. The summed E-state index contributed by atoms with van der Waals surface area (Å²) in [4.78, 5) is 16.3. The van der Waals surface area contributed by atoms with Crippen LogP contribution in [-0.4, -0.2) is 45.7 Å². The number of ether oxygens (including phenoxy) is 1. The number of carbonyl (C=O) groups is 1. The van der Waals surface area contributed by atoms with Crippen LogP contribution in [0.4, 0.5) is 11.4 Å². The van der Waals surface area contributed by atoms with E-state index in [1.807, 2.05) is 30.3 Å². The van der Waals surface area contributed by atoms with Crippen molar-refractivity contribution < 1.29 is 14.4 Å². The van der Waals surface area contributed by atoms with Gasteiger partial charge in [0.1, 0.15) is 5.75 Å². The van der Waals surface area contributed by atoms with E-state index in [-0.39, 0.29) is 5.91 Å². The molecule has 5 heteroatoms. The molecule has 1 aliphatic heterocycles. The Balaban J connectivity index is 1.51. The van der Waals surface area contributed by atoms with E-state index in [1.54, 1.807) is 7.11 Å². The first kappa shape index (κ1) is 20.2. The van der Waals surface area contributed by atoms with Crippen molar-refractivity contribution in [2.75, 3.05) is 50.1 Å². The van der Waals surface area contributed by atoms with E-state index in [4.69, 9.17) is 4.74 Å². The lowest BCUT2D eigenvalue weighted by atomic mass is 9.97. The summed E-state index contributed by atoms with van der Waals surface area (Å²) in [7, 11) is 1.68. The molecule has 0 aromatic heterocycles. The fourth-order valence-electron chi connectivity index (χ4n) is 3.73. The summed E-state index contributed by atoms with van der Waals surface area (Å²) >= 11 is 0.